The minimum atomic E-state index is -0.291. The van der Waals surface area contributed by atoms with Crippen molar-refractivity contribution in [3.63, 3.8) is 0 Å². The lowest BCUT2D eigenvalue weighted by Gasteiger charge is -2.26. The highest BCUT2D eigenvalue weighted by Gasteiger charge is 2.23. The van der Waals surface area contributed by atoms with Gasteiger partial charge in [-0.25, -0.2) is 9.37 Å². The first-order chi connectivity index (χ1) is 14.7. The Morgan fingerprint density at radius 1 is 1.13 bits per heavy atom. The van der Waals surface area contributed by atoms with E-state index in [-0.39, 0.29) is 29.3 Å². The molecule has 164 valence electrons. The number of nitrogens with zero attached hydrogens (tertiary/aromatic N) is 2. The first-order valence-electron chi connectivity index (χ1n) is 10.8. The van der Waals surface area contributed by atoms with Crippen LogP contribution in [0.15, 0.2) is 42.6 Å². The van der Waals surface area contributed by atoms with Gasteiger partial charge in [0.25, 0.3) is 5.91 Å². The van der Waals surface area contributed by atoms with Gasteiger partial charge in [0.2, 0.25) is 0 Å². The number of carbonyl (C=O) groups excluding carboxylic acids is 1. The number of nitrogens with one attached hydrogen (secondary N) is 2. The number of halogens is 1. The van der Waals surface area contributed by atoms with Crippen molar-refractivity contribution in [1.82, 2.24) is 14.7 Å². The van der Waals surface area contributed by atoms with Gasteiger partial charge in [-0.2, -0.15) is 0 Å². The Bertz CT molecular complexity index is 1080. The summed E-state index contributed by atoms with van der Waals surface area (Å²) in [6.07, 6.45) is 5.55. The van der Waals surface area contributed by atoms with E-state index < -0.39 is 0 Å². The highest BCUT2D eigenvalue weighted by Crippen LogP contribution is 2.31. The van der Waals surface area contributed by atoms with E-state index in [0.717, 1.165) is 37.1 Å². The smallest absolute Gasteiger partial charge is 0.251 e. The number of pyridine rings is 1. The number of anilines is 1. The fourth-order valence-electron chi connectivity index (χ4n) is 4.00. The van der Waals surface area contributed by atoms with Crippen LogP contribution in [0.25, 0.3) is 16.9 Å². The van der Waals surface area contributed by atoms with Crippen LogP contribution in [-0.4, -0.2) is 32.9 Å². The third-order valence-electron chi connectivity index (χ3n) is 5.61. The molecule has 6 nitrogen and oxygen atoms in total. The molecule has 3 aromatic rings. The molecule has 1 fully saturated rings. The third-order valence-corrected chi connectivity index (χ3v) is 5.61. The zero-order chi connectivity index (χ0) is 22.2. The molecule has 2 heterocycles. The zero-order valence-corrected chi connectivity index (χ0v) is 18.3. The van der Waals surface area contributed by atoms with E-state index >= 15 is 0 Å². The molecule has 1 amide bonds. The minimum absolute atomic E-state index is 0.0976. The molecule has 0 saturated heterocycles. The predicted molar refractivity (Wildman–Crippen MR) is 122 cm³/mol. The summed E-state index contributed by atoms with van der Waals surface area (Å²) < 4.78 is 15.4. The van der Waals surface area contributed by atoms with E-state index in [4.69, 9.17) is 10.7 Å². The Labute approximate surface area is 182 Å². The van der Waals surface area contributed by atoms with E-state index in [1.165, 1.54) is 12.1 Å². The first kappa shape index (κ1) is 21.3. The van der Waals surface area contributed by atoms with Crippen molar-refractivity contribution >= 4 is 17.4 Å². The lowest BCUT2D eigenvalue weighted by atomic mass is 9.91. The third kappa shape index (κ3) is 4.88. The van der Waals surface area contributed by atoms with Gasteiger partial charge in [-0.1, -0.05) is 0 Å². The van der Waals surface area contributed by atoms with Crippen molar-refractivity contribution in [3.05, 3.63) is 54.0 Å². The Balaban J connectivity index is 1.67. The Kier molecular flexibility index (Phi) is 5.71. The summed E-state index contributed by atoms with van der Waals surface area (Å²) in [7, 11) is 0. The van der Waals surface area contributed by atoms with Crippen LogP contribution < -0.4 is 16.4 Å². The van der Waals surface area contributed by atoms with Crippen LogP contribution in [0.4, 0.5) is 10.2 Å². The highest BCUT2D eigenvalue weighted by atomic mass is 19.1. The number of nitrogens with two attached hydrogens (primary N) is 1. The normalized spacial score (nSPS) is 19.4. The number of amides is 1. The van der Waals surface area contributed by atoms with Crippen LogP contribution in [0.1, 0.15) is 56.8 Å². The van der Waals surface area contributed by atoms with Gasteiger partial charge in [0.05, 0.1) is 0 Å². The van der Waals surface area contributed by atoms with Crippen LogP contribution >= 0.6 is 0 Å². The van der Waals surface area contributed by atoms with Gasteiger partial charge in [-0.15, -0.1) is 0 Å². The summed E-state index contributed by atoms with van der Waals surface area (Å²) in [5.74, 6) is 0.419. The van der Waals surface area contributed by atoms with Gasteiger partial charge in [-0.3, -0.25) is 9.20 Å². The molecule has 0 atom stereocenters. The SMILES string of the molecule is CC(C)(C)Nc1c(-c2ccc(F)cc2)nc2cc(C(=O)NC3CCC(N)CC3)ccn12. The van der Waals surface area contributed by atoms with Gasteiger partial charge in [0.1, 0.15) is 23.0 Å². The van der Waals surface area contributed by atoms with Gasteiger partial charge in [0.15, 0.2) is 0 Å². The number of carbonyl (C=O) groups is 1. The van der Waals surface area contributed by atoms with E-state index in [2.05, 4.69) is 31.4 Å². The topological polar surface area (TPSA) is 84.5 Å². The van der Waals surface area contributed by atoms with Crippen molar-refractivity contribution in [3.8, 4) is 11.3 Å². The molecule has 0 aliphatic heterocycles. The van der Waals surface area contributed by atoms with Crippen LogP contribution in [-0.2, 0) is 0 Å². The van der Waals surface area contributed by atoms with E-state index in [0.29, 0.717) is 16.9 Å². The van der Waals surface area contributed by atoms with E-state index in [9.17, 15) is 9.18 Å². The summed E-state index contributed by atoms with van der Waals surface area (Å²) in [4.78, 5) is 17.6. The number of fused-ring (bicyclic) bond motifs is 1. The molecular formula is C24H30FN5O. The molecule has 2 aromatic heterocycles. The standard InChI is InChI=1S/C24H30FN5O/c1-24(2,3)29-22-21(15-4-6-17(25)7-5-15)28-20-14-16(12-13-30(20)22)23(31)27-19-10-8-18(26)9-11-19/h4-7,12-14,18-19,29H,8-11,26H2,1-3H3,(H,27,31). The van der Waals surface area contributed by atoms with Gasteiger partial charge < -0.3 is 16.4 Å². The number of hydrogen-bond acceptors (Lipinski definition) is 4. The number of aromatic nitrogens is 2. The maximum atomic E-state index is 13.4. The molecule has 0 radical (unpaired) electrons. The fourth-order valence-corrected chi connectivity index (χ4v) is 4.00. The van der Waals surface area contributed by atoms with E-state index in [1.54, 1.807) is 24.3 Å². The zero-order valence-electron chi connectivity index (χ0n) is 18.3. The summed E-state index contributed by atoms with van der Waals surface area (Å²) >= 11 is 0. The average Bonchev–Trinajstić information content (AvgIpc) is 3.06. The first-order valence-corrected chi connectivity index (χ1v) is 10.8. The molecule has 0 unspecified atom stereocenters. The van der Waals surface area contributed by atoms with Crippen LogP contribution in [0.5, 0.6) is 0 Å². The molecule has 1 saturated carbocycles. The van der Waals surface area contributed by atoms with Crippen molar-refractivity contribution in [2.45, 2.75) is 64.1 Å². The van der Waals surface area contributed by atoms with Crippen LogP contribution in [0.3, 0.4) is 0 Å². The number of hydrogen-bond donors (Lipinski definition) is 3. The van der Waals surface area contributed by atoms with Gasteiger partial charge in [0, 0.05) is 34.9 Å². The maximum Gasteiger partial charge on any atom is 0.251 e. The summed E-state index contributed by atoms with van der Waals surface area (Å²) in [5.41, 5.74) is 8.51. The lowest BCUT2D eigenvalue weighted by molar-refractivity contribution is 0.0926. The van der Waals surface area contributed by atoms with Crippen molar-refractivity contribution < 1.29 is 9.18 Å². The predicted octanol–water partition coefficient (Wildman–Crippen LogP) is 4.35. The maximum absolute atomic E-state index is 13.4. The molecule has 7 heteroatoms. The molecule has 0 spiro atoms. The van der Waals surface area contributed by atoms with Crippen LogP contribution in [0, 0.1) is 5.82 Å². The van der Waals surface area contributed by atoms with Gasteiger partial charge >= 0.3 is 0 Å². The highest BCUT2D eigenvalue weighted by molar-refractivity contribution is 5.95. The lowest BCUT2D eigenvalue weighted by Crippen LogP contribution is -2.40. The second-order valence-corrected chi connectivity index (χ2v) is 9.42. The summed E-state index contributed by atoms with van der Waals surface area (Å²) in [6, 6.07) is 10.3. The molecular weight excluding hydrogens is 393 g/mol. The van der Waals surface area contributed by atoms with Crippen molar-refractivity contribution in [2.24, 2.45) is 5.73 Å². The minimum Gasteiger partial charge on any atom is -0.365 e. The second kappa shape index (κ2) is 8.30. The Morgan fingerprint density at radius 2 is 1.81 bits per heavy atom. The Hall–Kier alpha value is -2.93. The van der Waals surface area contributed by atoms with Gasteiger partial charge in [-0.05, 0) is 82.9 Å². The molecule has 4 N–H and O–H groups in total. The Morgan fingerprint density at radius 3 is 2.45 bits per heavy atom. The number of benzene rings is 1. The quantitative estimate of drug-likeness (QED) is 0.582. The average molecular weight is 424 g/mol. The fraction of sp³-hybridized carbons (Fsp3) is 0.417. The number of rotatable bonds is 4. The van der Waals surface area contributed by atoms with Crippen LogP contribution in [0.2, 0.25) is 0 Å². The second-order valence-electron chi connectivity index (χ2n) is 9.42. The number of imidazole rings is 1. The van der Waals surface area contributed by atoms with Crippen molar-refractivity contribution in [1.29, 1.82) is 0 Å². The molecule has 1 aliphatic rings. The molecule has 31 heavy (non-hydrogen) atoms. The summed E-state index contributed by atoms with van der Waals surface area (Å²) in [5, 5.41) is 6.63. The molecule has 1 aliphatic carbocycles. The van der Waals surface area contributed by atoms with E-state index in [1.807, 2.05) is 10.6 Å². The monoisotopic (exact) mass is 423 g/mol. The van der Waals surface area contributed by atoms with Crippen molar-refractivity contribution in [2.75, 3.05) is 5.32 Å². The summed E-state index contributed by atoms with van der Waals surface area (Å²) in [6.45, 7) is 6.20. The largest absolute Gasteiger partial charge is 0.365 e. The molecule has 4 rings (SSSR count). The molecule has 1 aromatic carbocycles. The molecule has 0 bridgehead atoms.